The number of halogens is 3. The minimum absolute atomic E-state index is 0.545. The molecule has 0 aliphatic carbocycles. The quantitative estimate of drug-likeness (QED) is 0.285. The summed E-state index contributed by atoms with van der Waals surface area (Å²) in [5.74, 6) is 0. The van der Waals surface area contributed by atoms with Gasteiger partial charge in [0.25, 0.3) is 0 Å². The Balaban J connectivity index is 3.14. The summed E-state index contributed by atoms with van der Waals surface area (Å²) in [6.45, 7) is -0.545. The minimum atomic E-state index is -4.23. The number of nitriles is 1. The molecular formula is C4H5F3N2O. The second-order valence-corrected chi connectivity index (χ2v) is 1.43. The van der Waals surface area contributed by atoms with Crippen LogP contribution in [0.1, 0.15) is 6.42 Å². The lowest BCUT2D eigenvalue weighted by molar-refractivity contribution is -0.148. The Hall–Kier alpha value is -0.960. The van der Waals surface area contributed by atoms with Crippen molar-refractivity contribution in [3.05, 3.63) is 0 Å². The van der Waals surface area contributed by atoms with Gasteiger partial charge in [0.1, 0.15) is 0 Å². The lowest BCUT2D eigenvalue weighted by Crippen LogP contribution is -2.15. The highest BCUT2D eigenvalue weighted by molar-refractivity contribution is 4.54. The van der Waals surface area contributed by atoms with E-state index in [-0.39, 0.29) is 0 Å². The van der Waals surface area contributed by atoms with E-state index in [0.29, 0.717) is 0 Å². The van der Waals surface area contributed by atoms with E-state index < -0.39 is 19.2 Å². The number of nitrogens with one attached hydrogen (secondary N) is 1. The smallest absolute Gasteiger partial charge is 0.266 e. The van der Waals surface area contributed by atoms with E-state index in [1.54, 1.807) is 5.48 Å². The largest absolute Gasteiger partial charge is 0.391 e. The van der Waals surface area contributed by atoms with Crippen molar-refractivity contribution in [2.24, 2.45) is 0 Å². The molecule has 0 rings (SSSR count). The molecule has 0 saturated carbocycles. The fourth-order valence-electron chi connectivity index (χ4n) is 0.250. The normalized spacial score (nSPS) is 10.6. The number of nitrogens with zero attached hydrogens (tertiary/aromatic N) is 1. The number of alkyl halides is 3. The Morgan fingerprint density at radius 2 is 2.10 bits per heavy atom. The topological polar surface area (TPSA) is 45.0 Å². The average Bonchev–Trinajstić information content (AvgIpc) is 1.78. The second-order valence-electron chi connectivity index (χ2n) is 1.43. The van der Waals surface area contributed by atoms with Gasteiger partial charge in [-0.05, 0) is 0 Å². The van der Waals surface area contributed by atoms with Gasteiger partial charge in [-0.2, -0.15) is 18.4 Å². The maximum Gasteiger partial charge on any atom is 0.391 e. The van der Waals surface area contributed by atoms with Gasteiger partial charge in [-0.3, -0.25) is 4.84 Å². The lowest BCUT2D eigenvalue weighted by atomic mass is 10.5. The van der Waals surface area contributed by atoms with Gasteiger partial charge in [-0.1, -0.05) is 0 Å². The summed E-state index contributed by atoms with van der Waals surface area (Å²) in [5.41, 5.74) is 1.63. The van der Waals surface area contributed by atoms with Crippen LogP contribution in [-0.4, -0.2) is 12.8 Å². The zero-order valence-corrected chi connectivity index (χ0v) is 4.90. The van der Waals surface area contributed by atoms with Crippen LogP contribution in [-0.2, 0) is 4.84 Å². The maximum absolute atomic E-state index is 11.3. The van der Waals surface area contributed by atoms with Crippen LogP contribution in [0.15, 0.2) is 0 Å². The number of hydrogen-bond donors (Lipinski definition) is 1. The summed E-state index contributed by atoms with van der Waals surface area (Å²) in [6, 6.07) is 0. The van der Waals surface area contributed by atoms with Crippen molar-refractivity contribution in [2.45, 2.75) is 12.6 Å². The Morgan fingerprint density at radius 1 is 1.50 bits per heavy atom. The molecule has 58 valence electrons. The Bertz CT molecular complexity index is 127. The summed E-state index contributed by atoms with van der Waals surface area (Å²) in [7, 11) is 0. The second kappa shape index (κ2) is 3.95. The van der Waals surface area contributed by atoms with Crippen molar-refractivity contribution >= 4 is 0 Å². The SMILES string of the molecule is N#CNOCCC(F)(F)F. The zero-order chi connectivity index (χ0) is 8.04. The van der Waals surface area contributed by atoms with Crippen LogP contribution in [0.25, 0.3) is 0 Å². The molecule has 0 bridgehead atoms. The summed E-state index contributed by atoms with van der Waals surface area (Å²) in [5, 5.41) is 7.73. The maximum atomic E-state index is 11.3. The molecule has 0 aliphatic rings. The van der Waals surface area contributed by atoms with Crippen LogP contribution in [0.4, 0.5) is 13.2 Å². The molecule has 0 spiro atoms. The Morgan fingerprint density at radius 3 is 2.50 bits per heavy atom. The first kappa shape index (κ1) is 9.04. The molecular weight excluding hydrogens is 149 g/mol. The molecule has 0 unspecified atom stereocenters. The summed E-state index contributed by atoms with van der Waals surface area (Å²) in [4.78, 5) is 4.03. The van der Waals surface area contributed by atoms with E-state index in [0.717, 1.165) is 0 Å². The molecule has 0 radical (unpaired) electrons. The third-order valence-corrected chi connectivity index (χ3v) is 0.605. The molecule has 0 atom stereocenters. The van der Waals surface area contributed by atoms with Gasteiger partial charge >= 0.3 is 6.18 Å². The molecule has 10 heavy (non-hydrogen) atoms. The highest BCUT2D eigenvalue weighted by atomic mass is 19.4. The van der Waals surface area contributed by atoms with Gasteiger partial charge in [-0.15, -0.1) is 0 Å². The predicted molar refractivity (Wildman–Crippen MR) is 25.4 cm³/mol. The standard InChI is InChI=1S/C4H5F3N2O/c5-4(6,7)1-2-10-9-3-8/h9H,1-2H2. The van der Waals surface area contributed by atoms with E-state index in [2.05, 4.69) is 4.84 Å². The van der Waals surface area contributed by atoms with Crippen molar-refractivity contribution < 1.29 is 18.0 Å². The van der Waals surface area contributed by atoms with Gasteiger partial charge in [0, 0.05) is 0 Å². The van der Waals surface area contributed by atoms with Crippen LogP contribution in [0.5, 0.6) is 0 Å². The molecule has 0 heterocycles. The first-order chi connectivity index (χ1) is 4.56. The van der Waals surface area contributed by atoms with Gasteiger partial charge in [0.05, 0.1) is 13.0 Å². The highest BCUT2D eigenvalue weighted by Crippen LogP contribution is 2.18. The molecule has 0 saturated heterocycles. The predicted octanol–water partition coefficient (Wildman–Crippen LogP) is 0.941. The van der Waals surface area contributed by atoms with Gasteiger partial charge < -0.3 is 0 Å². The fourth-order valence-corrected chi connectivity index (χ4v) is 0.250. The number of hydroxylamine groups is 1. The minimum Gasteiger partial charge on any atom is -0.266 e. The van der Waals surface area contributed by atoms with E-state index in [1.807, 2.05) is 0 Å². The van der Waals surface area contributed by atoms with Crippen LogP contribution < -0.4 is 5.48 Å². The molecule has 3 nitrogen and oxygen atoms in total. The van der Waals surface area contributed by atoms with E-state index in [4.69, 9.17) is 5.26 Å². The zero-order valence-electron chi connectivity index (χ0n) is 4.90. The average molecular weight is 154 g/mol. The van der Waals surface area contributed by atoms with Gasteiger partial charge in [-0.25, -0.2) is 5.48 Å². The number of rotatable bonds is 3. The van der Waals surface area contributed by atoms with E-state index in [1.165, 1.54) is 6.19 Å². The van der Waals surface area contributed by atoms with Crippen molar-refractivity contribution in [1.82, 2.24) is 5.48 Å². The monoisotopic (exact) mass is 154 g/mol. The molecule has 0 aliphatic heterocycles. The summed E-state index contributed by atoms with van der Waals surface area (Å²) < 4.78 is 33.9. The van der Waals surface area contributed by atoms with Gasteiger partial charge in [0.15, 0.2) is 0 Å². The van der Waals surface area contributed by atoms with Crippen molar-refractivity contribution in [1.29, 1.82) is 5.26 Å². The molecule has 0 aromatic rings. The number of hydrogen-bond acceptors (Lipinski definition) is 3. The van der Waals surface area contributed by atoms with Crippen LogP contribution in [0.2, 0.25) is 0 Å². The third-order valence-electron chi connectivity index (χ3n) is 0.605. The summed E-state index contributed by atoms with van der Waals surface area (Å²) in [6.07, 6.45) is -3.96. The van der Waals surface area contributed by atoms with Crippen LogP contribution >= 0.6 is 0 Å². The molecule has 0 aromatic carbocycles. The van der Waals surface area contributed by atoms with Crippen LogP contribution in [0.3, 0.4) is 0 Å². The Kier molecular flexibility index (Phi) is 3.57. The molecule has 0 aromatic heterocycles. The van der Waals surface area contributed by atoms with Crippen molar-refractivity contribution in [3.63, 3.8) is 0 Å². The summed E-state index contributed by atoms with van der Waals surface area (Å²) >= 11 is 0. The van der Waals surface area contributed by atoms with Gasteiger partial charge in [0.2, 0.25) is 6.19 Å². The lowest BCUT2D eigenvalue weighted by Gasteiger charge is -2.03. The first-order valence-corrected chi connectivity index (χ1v) is 2.39. The van der Waals surface area contributed by atoms with Crippen molar-refractivity contribution in [2.75, 3.05) is 6.61 Å². The molecule has 6 heteroatoms. The first-order valence-electron chi connectivity index (χ1n) is 2.39. The fraction of sp³-hybridized carbons (Fsp3) is 0.750. The van der Waals surface area contributed by atoms with E-state index >= 15 is 0 Å². The molecule has 0 amide bonds. The van der Waals surface area contributed by atoms with Crippen LogP contribution in [0, 0.1) is 11.5 Å². The van der Waals surface area contributed by atoms with E-state index in [9.17, 15) is 13.2 Å². The third kappa shape index (κ3) is 7.04. The Labute approximate surface area is 55.3 Å². The highest BCUT2D eigenvalue weighted by Gasteiger charge is 2.26. The molecule has 0 fully saturated rings. The van der Waals surface area contributed by atoms with Crippen molar-refractivity contribution in [3.8, 4) is 6.19 Å². The molecule has 1 N–H and O–H groups in total.